The van der Waals surface area contributed by atoms with Crippen LogP contribution in [0.1, 0.15) is 16.8 Å². The smallest absolute Gasteiger partial charge is 0.325 e. The van der Waals surface area contributed by atoms with Gasteiger partial charge in [0, 0.05) is 26.2 Å². The number of rotatable bonds is 9. The van der Waals surface area contributed by atoms with Crippen LogP contribution in [0.4, 0.5) is 0 Å². The average molecular weight is 530 g/mol. The van der Waals surface area contributed by atoms with Gasteiger partial charge in [-0.05, 0) is 35.4 Å². The van der Waals surface area contributed by atoms with Crippen LogP contribution < -0.4 is 9.47 Å². The van der Waals surface area contributed by atoms with Crippen molar-refractivity contribution in [1.82, 2.24) is 24.2 Å². The first-order valence-electron chi connectivity index (χ1n) is 11.8. The van der Waals surface area contributed by atoms with E-state index in [4.69, 9.17) is 14.2 Å². The fourth-order valence-electron chi connectivity index (χ4n) is 4.21. The van der Waals surface area contributed by atoms with Gasteiger partial charge < -0.3 is 14.2 Å². The molecule has 0 saturated carbocycles. The summed E-state index contributed by atoms with van der Waals surface area (Å²) in [4.78, 5) is 14.6. The zero-order chi connectivity index (χ0) is 26.4. The van der Waals surface area contributed by atoms with E-state index in [0.29, 0.717) is 24.5 Å². The fourth-order valence-corrected chi connectivity index (χ4v) is 5.82. The van der Waals surface area contributed by atoms with Crippen molar-refractivity contribution >= 4 is 16.0 Å². The van der Waals surface area contributed by atoms with Crippen molar-refractivity contribution in [3.8, 4) is 11.5 Å². The van der Waals surface area contributed by atoms with Crippen molar-refractivity contribution in [1.29, 1.82) is 0 Å². The third-order valence-corrected chi connectivity index (χ3v) is 8.04. The molecule has 0 radical (unpaired) electrons. The highest BCUT2D eigenvalue weighted by molar-refractivity contribution is 7.89. The average Bonchev–Trinajstić information content (AvgIpc) is 3.30. The second-order valence-electron chi connectivity index (χ2n) is 8.74. The van der Waals surface area contributed by atoms with E-state index in [1.54, 1.807) is 43.2 Å². The van der Waals surface area contributed by atoms with Gasteiger partial charge in [-0.15, -0.1) is 5.10 Å². The molecule has 11 nitrogen and oxygen atoms in total. The van der Waals surface area contributed by atoms with E-state index in [1.807, 2.05) is 35.4 Å². The number of carbonyl (C=O) groups excluding carboxylic acids is 1. The zero-order valence-electron chi connectivity index (χ0n) is 21.1. The first-order chi connectivity index (χ1) is 17.8. The molecule has 4 rings (SSSR count). The van der Waals surface area contributed by atoms with Crippen molar-refractivity contribution in [2.24, 2.45) is 0 Å². The molecule has 0 N–H and O–H groups in total. The molecule has 1 unspecified atom stereocenters. The second kappa shape index (κ2) is 11.7. The maximum atomic E-state index is 13.2. The molecule has 0 amide bonds. The summed E-state index contributed by atoms with van der Waals surface area (Å²) < 4.78 is 44.8. The van der Waals surface area contributed by atoms with Crippen LogP contribution in [0, 0.1) is 0 Å². The zero-order valence-corrected chi connectivity index (χ0v) is 21.9. The molecule has 0 aliphatic carbocycles. The molecule has 0 bridgehead atoms. The largest absolute Gasteiger partial charge is 0.497 e. The molecular weight excluding hydrogens is 498 g/mol. The predicted octanol–water partition coefficient (Wildman–Crippen LogP) is 1.53. The summed E-state index contributed by atoms with van der Waals surface area (Å²) >= 11 is 0. The third-order valence-electron chi connectivity index (χ3n) is 6.25. The van der Waals surface area contributed by atoms with Crippen LogP contribution in [0.25, 0.3) is 0 Å². The summed E-state index contributed by atoms with van der Waals surface area (Å²) in [6.07, 6.45) is 1.83. The second-order valence-corrected chi connectivity index (χ2v) is 10.8. The molecule has 1 aliphatic rings. The molecular formula is C25H31N5O6S. The number of hydrogen-bond acceptors (Lipinski definition) is 9. The molecule has 2 heterocycles. The Morgan fingerprint density at radius 2 is 1.51 bits per heavy atom. The monoisotopic (exact) mass is 529 g/mol. The lowest BCUT2D eigenvalue weighted by Gasteiger charge is -2.28. The van der Waals surface area contributed by atoms with Crippen molar-refractivity contribution in [3.05, 3.63) is 71.5 Å². The van der Waals surface area contributed by atoms with Gasteiger partial charge in [-0.2, -0.15) is 4.31 Å². The highest BCUT2D eigenvalue weighted by atomic mass is 32.2. The van der Waals surface area contributed by atoms with Gasteiger partial charge >= 0.3 is 5.97 Å². The molecule has 3 aromatic rings. The first kappa shape index (κ1) is 26.6. The van der Waals surface area contributed by atoms with Gasteiger partial charge in [0.1, 0.15) is 17.5 Å². The van der Waals surface area contributed by atoms with Gasteiger partial charge in [0.25, 0.3) is 0 Å². The number of ether oxygens (including phenoxy) is 3. The number of methoxy groups -OCH3 is 3. The van der Waals surface area contributed by atoms with E-state index in [-0.39, 0.29) is 25.4 Å². The van der Waals surface area contributed by atoms with Crippen LogP contribution >= 0.6 is 0 Å². The van der Waals surface area contributed by atoms with Crippen molar-refractivity contribution in [2.45, 2.75) is 25.7 Å². The van der Waals surface area contributed by atoms with Crippen LogP contribution in [-0.2, 0) is 39.2 Å². The Balaban J connectivity index is 1.48. The molecule has 12 heteroatoms. The fraction of sp³-hybridized carbons (Fsp3) is 0.400. The van der Waals surface area contributed by atoms with Gasteiger partial charge in [0.05, 0.1) is 45.5 Å². The standard InChI is InChI=1S/C25H31N5O6S/c1-34-22-8-4-19(5-9-22)14-29-17-21(26-27-29)16-28-12-13-37(32,33)30(24(18-28)25(31)36-3)15-20-6-10-23(35-2)11-7-20/h4-11,17,24H,12-16,18H2,1-3H3. The van der Waals surface area contributed by atoms with Crippen LogP contribution in [0.3, 0.4) is 0 Å². The third kappa shape index (κ3) is 6.64. The van der Waals surface area contributed by atoms with Gasteiger partial charge in [0.2, 0.25) is 10.0 Å². The van der Waals surface area contributed by atoms with E-state index in [2.05, 4.69) is 10.3 Å². The Morgan fingerprint density at radius 1 is 0.919 bits per heavy atom. The van der Waals surface area contributed by atoms with Crippen molar-refractivity contribution in [3.63, 3.8) is 0 Å². The normalized spacial score (nSPS) is 18.2. The van der Waals surface area contributed by atoms with Crippen LogP contribution in [0.2, 0.25) is 0 Å². The summed E-state index contributed by atoms with van der Waals surface area (Å²) in [6.45, 7) is 1.36. The number of sulfonamides is 1. The summed E-state index contributed by atoms with van der Waals surface area (Å²) in [5.41, 5.74) is 2.46. The van der Waals surface area contributed by atoms with Crippen LogP contribution in [0.15, 0.2) is 54.7 Å². The van der Waals surface area contributed by atoms with Gasteiger partial charge in [-0.3, -0.25) is 9.69 Å². The Hall–Kier alpha value is -3.48. The van der Waals surface area contributed by atoms with Crippen LogP contribution in [-0.4, -0.2) is 84.8 Å². The lowest BCUT2D eigenvalue weighted by atomic mass is 10.2. The molecule has 1 fully saturated rings. The number of esters is 1. The van der Waals surface area contributed by atoms with Crippen molar-refractivity contribution in [2.75, 3.05) is 40.2 Å². The number of nitrogens with zero attached hydrogens (tertiary/aromatic N) is 5. The SMILES string of the molecule is COC(=O)C1CN(Cc2cn(Cc3ccc(OC)cc3)nn2)CCS(=O)(=O)N1Cc1ccc(OC)cc1. The minimum Gasteiger partial charge on any atom is -0.497 e. The highest BCUT2D eigenvalue weighted by Gasteiger charge is 2.40. The minimum atomic E-state index is -3.74. The number of hydrogen-bond donors (Lipinski definition) is 0. The van der Waals surface area contributed by atoms with Crippen LogP contribution in [0.5, 0.6) is 11.5 Å². The number of benzene rings is 2. The molecule has 1 aromatic heterocycles. The maximum Gasteiger partial charge on any atom is 0.325 e. The lowest BCUT2D eigenvalue weighted by molar-refractivity contribution is -0.145. The summed E-state index contributed by atoms with van der Waals surface area (Å²) in [5, 5.41) is 8.46. The molecule has 37 heavy (non-hydrogen) atoms. The molecule has 198 valence electrons. The Labute approximate surface area is 216 Å². The molecule has 0 spiro atoms. The summed E-state index contributed by atoms with van der Waals surface area (Å²) in [7, 11) is 0.712. The topological polar surface area (TPSA) is 116 Å². The Bertz CT molecular complexity index is 1290. The quantitative estimate of drug-likeness (QED) is 0.381. The highest BCUT2D eigenvalue weighted by Crippen LogP contribution is 2.22. The number of aromatic nitrogens is 3. The minimum absolute atomic E-state index is 0.0535. The molecule has 2 aromatic carbocycles. The van der Waals surface area contributed by atoms with Crippen molar-refractivity contribution < 1.29 is 27.4 Å². The number of carbonyl (C=O) groups is 1. The van der Waals surface area contributed by atoms with Gasteiger partial charge in [-0.25, -0.2) is 13.1 Å². The summed E-state index contributed by atoms with van der Waals surface area (Å²) in [6, 6.07) is 13.8. The maximum absolute atomic E-state index is 13.2. The molecule has 1 aliphatic heterocycles. The lowest BCUT2D eigenvalue weighted by Crippen LogP contribution is -2.48. The Kier molecular flexibility index (Phi) is 8.41. The molecule has 1 saturated heterocycles. The van der Waals surface area contributed by atoms with Gasteiger partial charge in [0.15, 0.2) is 0 Å². The first-order valence-corrected chi connectivity index (χ1v) is 13.4. The molecule has 1 atom stereocenters. The Morgan fingerprint density at radius 3 is 2.08 bits per heavy atom. The van der Waals surface area contributed by atoms with E-state index in [1.165, 1.54) is 11.4 Å². The van der Waals surface area contributed by atoms with E-state index in [0.717, 1.165) is 16.9 Å². The predicted molar refractivity (Wildman–Crippen MR) is 136 cm³/mol. The summed E-state index contributed by atoms with van der Waals surface area (Å²) in [5.74, 6) is 0.710. The van der Waals surface area contributed by atoms with E-state index >= 15 is 0 Å². The van der Waals surface area contributed by atoms with E-state index in [9.17, 15) is 13.2 Å². The van der Waals surface area contributed by atoms with Gasteiger partial charge in [-0.1, -0.05) is 29.5 Å². The van der Waals surface area contributed by atoms with E-state index < -0.39 is 22.0 Å².